The van der Waals surface area contributed by atoms with E-state index < -0.39 is 5.82 Å². The topological polar surface area (TPSA) is 9.23 Å². The Morgan fingerprint density at radius 2 is 1.62 bits per heavy atom. The van der Waals surface area contributed by atoms with Crippen molar-refractivity contribution in [2.24, 2.45) is 0 Å². The lowest BCUT2D eigenvalue weighted by Gasteiger charge is -2.29. The van der Waals surface area contributed by atoms with Crippen LogP contribution in [-0.2, 0) is 11.8 Å². The molecule has 3 rings (SSSR count). The predicted molar refractivity (Wildman–Crippen MR) is 115 cm³/mol. The number of aryl methyl sites for hydroxylation is 1. The fourth-order valence-electron chi connectivity index (χ4n) is 3.47. The summed E-state index contributed by atoms with van der Waals surface area (Å²) in [6, 6.07) is 18.6. The lowest BCUT2D eigenvalue weighted by atomic mass is 9.76. The van der Waals surface area contributed by atoms with Gasteiger partial charge in [0.2, 0.25) is 0 Å². The molecule has 1 unspecified atom stereocenters. The summed E-state index contributed by atoms with van der Waals surface area (Å²) >= 11 is 6.02. The van der Waals surface area contributed by atoms with Crippen molar-refractivity contribution < 1.29 is 13.5 Å². The molecule has 0 aliphatic rings. The first-order valence-corrected chi connectivity index (χ1v) is 10.3. The van der Waals surface area contributed by atoms with Gasteiger partial charge < -0.3 is 4.74 Å². The minimum atomic E-state index is -0.433. The van der Waals surface area contributed by atoms with Crippen molar-refractivity contribution in [3.05, 3.63) is 94.5 Å². The second-order valence-electron chi connectivity index (χ2n) is 7.60. The molecule has 0 amide bonds. The number of rotatable bonds is 8. The van der Waals surface area contributed by atoms with Crippen molar-refractivity contribution in [2.75, 3.05) is 0 Å². The van der Waals surface area contributed by atoms with E-state index in [-0.39, 0.29) is 17.0 Å². The quantitative estimate of drug-likeness (QED) is 0.361. The molecule has 0 heterocycles. The Morgan fingerprint density at radius 1 is 0.931 bits per heavy atom. The van der Waals surface area contributed by atoms with Crippen LogP contribution in [0.15, 0.2) is 66.7 Å². The summed E-state index contributed by atoms with van der Waals surface area (Å²) in [7, 11) is 0. The highest BCUT2D eigenvalue weighted by Gasteiger charge is 2.24. The molecule has 1 atom stereocenters. The molecule has 1 nitrogen and oxygen atoms in total. The Bertz CT molecular complexity index is 938. The first-order valence-electron chi connectivity index (χ1n) is 9.87. The largest absolute Gasteiger partial charge is 0.454 e. The molecule has 0 spiro atoms. The Labute approximate surface area is 176 Å². The average molecular weight is 415 g/mol. The molecule has 3 aromatic rings. The van der Waals surface area contributed by atoms with Crippen molar-refractivity contribution >= 4 is 11.6 Å². The van der Waals surface area contributed by atoms with Gasteiger partial charge in [0, 0.05) is 5.02 Å². The fraction of sp³-hybridized carbons (Fsp3) is 0.280. The molecule has 0 aliphatic carbocycles. The highest BCUT2D eigenvalue weighted by atomic mass is 35.5. The molecule has 4 heteroatoms. The zero-order chi connectivity index (χ0) is 20.9. The average Bonchev–Trinajstić information content (AvgIpc) is 2.72. The van der Waals surface area contributed by atoms with Gasteiger partial charge >= 0.3 is 0 Å². The van der Waals surface area contributed by atoms with E-state index in [0.29, 0.717) is 5.75 Å². The minimum absolute atomic E-state index is 0.0675. The molecule has 0 aromatic heterocycles. The predicted octanol–water partition coefficient (Wildman–Crippen LogP) is 8.10. The number of halogens is 3. The molecule has 29 heavy (non-hydrogen) atoms. The Kier molecular flexibility index (Phi) is 6.92. The van der Waals surface area contributed by atoms with Crippen LogP contribution in [0, 0.1) is 11.6 Å². The highest BCUT2D eigenvalue weighted by Crippen LogP contribution is 2.34. The van der Waals surface area contributed by atoms with Crippen molar-refractivity contribution in [3.8, 4) is 11.5 Å². The standard InChI is InChI=1S/C25H25ClF2O/c1-3-25(2,19-7-9-20(26)10-8-19)16-4-5-18-6-15-23(28)24(17-18)29-22-13-11-21(27)12-14-22/h6-15,17H,3-5,16H2,1-2H3. The third-order valence-corrected chi connectivity index (χ3v) is 5.80. The van der Waals surface area contributed by atoms with Gasteiger partial charge in [-0.2, -0.15) is 0 Å². The van der Waals surface area contributed by atoms with Gasteiger partial charge in [-0.25, -0.2) is 8.78 Å². The van der Waals surface area contributed by atoms with Crippen molar-refractivity contribution in [2.45, 2.75) is 44.9 Å². The Hall–Kier alpha value is -2.39. The van der Waals surface area contributed by atoms with Crippen LogP contribution in [0.5, 0.6) is 11.5 Å². The Morgan fingerprint density at radius 3 is 2.28 bits per heavy atom. The first-order chi connectivity index (χ1) is 13.9. The van der Waals surface area contributed by atoms with E-state index in [4.69, 9.17) is 16.3 Å². The smallest absolute Gasteiger partial charge is 0.165 e. The molecule has 0 saturated carbocycles. The van der Waals surface area contributed by atoms with E-state index in [1.165, 1.54) is 35.9 Å². The maximum Gasteiger partial charge on any atom is 0.165 e. The van der Waals surface area contributed by atoms with Crippen LogP contribution in [0.25, 0.3) is 0 Å². The van der Waals surface area contributed by atoms with E-state index in [1.54, 1.807) is 12.1 Å². The van der Waals surface area contributed by atoms with Gasteiger partial charge in [-0.15, -0.1) is 0 Å². The molecule has 152 valence electrons. The summed E-state index contributed by atoms with van der Waals surface area (Å²) in [6.07, 6.45) is 3.82. The van der Waals surface area contributed by atoms with Crippen molar-refractivity contribution in [1.82, 2.24) is 0 Å². The lowest BCUT2D eigenvalue weighted by molar-refractivity contribution is 0.405. The molecule has 0 radical (unpaired) electrons. The van der Waals surface area contributed by atoms with Crippen LogP contribution in [0.3, 0.4) is 0 Å². The van der Waals surface area contributed by atoms with E-state index in [0.717, 1.165) is 36.3 Å². The van der Waals surface area contributed by atoms with Crippen LogP contribution in [-0.4, -0.2) is 0 Å². The minimum Gasteiger partial charge on any atom is -0.454 e. The summed E-state index contributed by atoms with van der Waals surface area (Å²) in [5.74, 6) is -0.224. The number of benzene rings is 3. The summed E-state index contributed by atoms with van der Waals surface area (Å²) in [4.78, 5) is 0. The molecule has 0 N–H and O–H groups in total. The molecule has 0 saturated heterocycles. The zero-order valence-corrected chi connectivity index (χ0v) is 17.5. The van der Waals surface area contributed by atoms with Gasteiger partial charge in [0.15, 0.2) is 11.6 Å². The highest BCUT2D eigenvalue weighted by molar-refractivity contribution is 6.30. The van der Waals surface area contributed by atoms with Gasteiger partial charge in [0.1, 0.15) is 11.6 Å². The summed E-state index contributed by atoms with van der Waals surface area (Å²) in [5.41, 5.74) is 2.36. The van der Waals surface area contributed by atoms with E-state index in [2.05, 4.69) is 26.0 Å². The van der Waals surface area contributed by atoms with Gasteiger partial charge in [0.05, 0.1) is 0 Å². The van der Waals surface area contributed by atoms with E-state index in [1.807, 2.05) is 12.1 Å². The summed E-state index contributed by atoms with van der Waals surface area (Å²) in [5, 5.41) is 0.743. The van der Waals surface area contributed by atoms with Gasteiger partial charge in [-0.05, 0) is 90.8 Å². The van der Waals surface area contributed by atoms with Gasteiger partial charge in [0.25, 0.3) is 0 Å². The maximum atomic E-state index is 14.1. The van der Waals surface area contributed by atoms with Crippen LogP contribution < -0.4 is 4.74 Å². The zero-order valence-electron chi connectivity index (χ0n) is 16.7. The molecule has 3 aromatic carbocycles. The van der Waals surface area contributed by atoms with E-state index >= 15 is 0 Å². The van der Waals surface area contributed by atoms with Crippen LogP contribution in [0.2, 0.25) is 5.02 Å². The maximum absolute atomic E-state index is 14.1. The van der Waals surface area contributed by atoms with E-state index in [9.17, 15) is 8.78 Å². The van der Waals surface area contributed by atoms with Crippen molar-refractivity contribution in [1.29, 1.82) is 0 Å². The normalized spacial score (nSPS) is 13.1. The SMILES string of the molecule is CCC(C)(CCCc1ccc(F)c(Oc2ccc(F)cc2)c1)c1ccc(Cl)cc1. The molecule has 0 fully saturated rings. The number of ether oxygens (including phenoxy) is 1. The third-order valence-electron chi connectivity index (χ3n) is 5.55. The summed E-state index contributed by atoms with van der Waals surface area (Å²) < 4.78 is 32.8. The first kappa shape index (κ1) is 21.3. The van der Waals surface area contributed by atoms with Crippen LogP contribution in [0.1, 0.15) is 44.2 Å². The number of hydrogen-bond acceptors (Lipinski definition) is 1. The lowest BCUT2D eigenvalue weighted by Crippen LogP contribution is -2.21. The second-order valence-corrected chi connectivity index (χ2v) is 8.03. The van der Waals surface area contributed by atoms with Crippen LogP contribution >= 0.6 is 11.6 Å². The monoisotopic (exact) mass is 414 g/mol. The van der Waals surface area contributed by atoms with Gasteiger partial charge in [-0.1, -0.05) is 43.6 Å². The fourth-order valence-corrected chi connectivity index (χ4v) is 3.60. The molecular formula is C25H25ClF2O. The molecule has 0 bridgehead atoms. The third kappa shape index (κ3) is 5.57. The molecular weight excluding hydrogens is 390 g/mol. The van der Waals surface area contributed by atoms with Crippen molar-refractivity contribution in [3.63, 3.8) is 0 Å². The van der Waals surface area contributed by atoms with Gasteiger partial charge in [-0.3, -0.25) is 0 Å². The molecule has 0 aliphatic heterocycles. The summed E-state index contributed by atoms with van der Waals surface area (Å²) in [6.45, 7) is 4.46. The number of hydrogen-bond donors (Lipinski definition) is 0. The second kappa shape index (κ2) is 9.41. The van der Waals surface area contributed by atoms with Crippen LogP contribution in [0.4, 0.5) is 8.78 Å². The Balaban J connectivity index is 1.65.